The number of hydrogen-bond donors (Lipinski definition) is 0. The third kappa shape index (κ3) is 5.89. The monoisotopic (exact) mass is 580 g/mol. The largest absolute Gasteiger partial charge is 1.00 e. The second-order valence-electron chi connectivity index (χ2n) is 11.5. The average Bonchev–Trinajstić information content (AvgIpc) is 3.38. The van der Waals surface area contributed by atoms with Crippen LogP contribution < -0.4 is 24.8 Å². The molecule has 184 valence electrons. The molecule has 0 heterocycles. The molecule has 3 heteroatoms. The van der Waals surface area contributed by atoms with Gasteiger partial charge in [0.1, 0.15) is 0 Å². The maximum absolute atomic E-state index is 3.33. The molecule has 35 heavy (non-hydrogen) atoms. The maximum atomic E-state index is 3.33. The van der Waals surface area contributed by atoms with E-state index in [1.807, 2.05) is 6.07 Å². The molecule has 0 amide bonds. The Morgan fingerprint density at radius 1 is 0.886 bits per heavy atom. The number of halogens is 2. The van der Waals surface area contributed by atoms with Crippen molar-refractivity contribution >= 4 is 3.21 Å². The number of rotatable bonds is 1. The van der Waals surface area contributed by atoms with Gasteiger partial charge in [0.05, 0.1) is 0 Å². The van der Waals surface area contributed by atoms with E-state index in [4.69, 9.17) is 0 Å². The molecule has 0 spiro atoms. The zero-order chi connectivity index (χ0) is 23.1. The van der Waals surface area contributed by atoms with Crippen LogP contribution in [0.15, 0.2) is 60.7 Å². The molecule has 1 atom stereocenters. The summed E-state index contributed by atoms with van der Waals surface area (Å²) < 4.78 is 1.51. The van der Waals surface area contributed by atoms with Gasteiger partial charge in [0, 0.05) is 0 Å². The molecule has 6 aliphatic carbocycles. The Kier molecular flexibility index (Phi) is 9.68. The smallest absolute Gasteiger partial charge is 0.0253 e. The van der Waals surface area contributed by atoms with E-state index in [-0.39, 0.29) is 24.8 Å². The zero-order valence-corrected chi connectivity index (χ0v) is 25.2. The Morgan fingerprint density at radius 3 is 2.03 bits per heavy atom. The minimum atomic E-state index is 0. The Balaban J connectivity index is 0.000000165. The van der Waals surface area contributed by atoms with Gasteiger partial charge in [-0.25, -0.2) is 12.2 Å². The van der Waals surface area contributed by atoms with Crippen molar-refractivity contribution in [2.45, 2.75) is 65.7 Å². The van der Waals surface area contributed by atoms with Crippen LogP contribution in [0.4, 0.5) is 0 Å². The summed E-state index contributed by atoms with van der Waals surface area (Å²) in [6.45, 7) is 6.70. The minimum absolute atomic E-state index is 0. The number of allylic oxidation sites excluding steroid dienone is 4. The fraction of sp³-hybridized carbons (Fsp3) is 0.469. The van der Waals surface area contributed by atoms with E-state index >= 15 is 0 Å². The normalized spacial score (nSPS) is 31.6. The van der Waals surface area contributed by atoms with Crippen molar-refractivity contribution < 1.29 is 49.0 Å². The maximum Gasteiger partial charge on any atom is -0.0253 e. The van der Waals surface area contributed by atoms with Gasteiger partial charge in [-0.1, -0.05) is 47.7 Å². The summed E-state index contributed by atoms with van der Waals surface area (Å²) in [7, 11) is 0. The summed E-state index contributed by atoms with van der Waals surface area (Å²) >= 11 is 1.55. The van der Waals surface area contributed by atoms with E-state index in [9.17, 15) is 0 Å². The molecule has 8 rings (SSSR count). The van der Waals surface area contributed by atoms with Gasteiger partial charge in [-0.15, -0.1) is 5.56 Å². The molecule has 0 aromatic heterocycles. The van der Waals surface area contributed by atoms with Crippen molar-refractivity contribution in [1.29, 1.82) is 0 Å². The van der Waals surface area contributed by atoms with Crippen LogP contribution in [-0.2, 0) is 30.7 Å². The van der Waals surface area contributed by atoms with Crippen molar-refractivity contribution in [3.8, 4) is 11.1 Å². The Bertz CT molecular complexity index is 1000. The molecule has 0 saturated heterocycles. The third-order valence-corrected chi connectivity index (χ3v) is 8.71. The first-order valence-corrected chi connectivity index (χ1v) is 14.0. The minimum Gasteiger partial charge on any atom is -1.00 e. The topological polar surface area (TPSA) is 0 Å². The van der Waals surface area contributed by atoms with E-state index in [0.29, 0.717) is 10.8 Å². The SMILES string of the molecule is CC1(C23CC4CC(CC(C4)C2)C3)C=[C-]C=C1.C[C](C)=[Zr+2].[Cl-].[Cl-].[c-]1cccc2c1Cc1ccccc1-2. The van der Waals surface area contributed by atoms with E-state index < -0.39 is 0 Å². The Morgan fingerprint density at radius 2 is 1.46 bits per heavy atom. The van der Waals surface area contributed by atoms with Gasteiger partial charge in [0.2, 0.25) is 0 Å². The summed E-state index contributed by atoms with van der Waals surface area (Å²) in [5, 5.41) is 0. The molecular formula is C32H36Cl2Zr-2. The molecule has 4 fully saturated rings. The predicted molar refractivity (Wildman–Crippen MR) is 136 cm³/mol. The second kappa shape index (κ2) is 11.8. The molecular weight excluding hydrogens is 546 g/mol. The average molecular weight is 583 g/mol. The summed E-state index contributed by atoms with van der Waals surface area (Å²) in [4.78, 5) is 0. The summed E-state index contributed by atoms with van der Waals surface area (Å²) in [5.41, 5.74) is 6.46. The van der Waals surface area contributed by atoms with Gasteiger partial charge in [-0.05, 0) is 68.1 Å². The van der Waals surface area contributed by atoms with Crippen molar-refractivity contribution in [2.75, 3.05) is 0 Å². The van der Waals surface area contributed by atoms with E-state index in [1.54, 1.807) is 43.5 Å². The van der Waals surface area contributed by atoms with Crippen molar-refractivity contribution in [2.24, 2.45) is 28.6 Å². The van der Waals surface area contributed by atoms with Gasteiger partial charge in [-0.2, -0.15) is 35.9 Å². The van der Waals surface area contributed by atoms with Crippen LogP contribution in [0.1, 0.15) is 70.4 Å². The van der Waals surface area contributed by atoms with Gasteiger partial charge in [-0.3, -0.25) is 6.08 Å². The standard InChI is InChI=1S/C16H21.C13H9.C3H6.2ClH.Zr/c1-15(4-2-3-5-15)16-9-12-6-13(10-16)8-14(7-12)11-16;1-3-7-12-10(5-1)9-11-6-2-4-8-13(11)12;1-3-2;;;/h2,4-5,12-14H,6-11H2,1H3;1-5,7-8H,9H2;1-2H3;2*1H;/q2*-1;;;;+2/p-2. The first kappa shape index (κ1) is 28.8. The molecule has 4 saturated carbocycles. The van der Waals surface area contributed by atoms with Crippen LogP contribution in [0.3, 0.4) is 0 Å². The number of benzene rings is 2. The molecule has 2 aromatic rings. The van der Waals surface area contributed by atoms with E-state index in [0.717, 1.165) is 24.2 Å². The molecule has 0 aliphatic heterocycles. The van der Waals surface area contributed by atoms with Gasteiger partial charge < -0.3 is 24.8 Å². The summed E-state index contributed by atoms with van der Waals surface area (Å²) in [5.74, 6) is 3.18. The van der Waals surface area contributed by atoms with Gasteiger partial charge in [0.25, 0.3) is 0 Å². The molecule has 0 nitrogen and oxygen atoms in total. The quantitative estimate of drug-likeness (QED) is 0.385. The Hall–Kier alpha value is -0.747. The van der Waals surface area contributed by atoms with Gasteiger partial charge >= 0.3 is 41.3 Å². The summed E-state index contributed by atoms with van der Waals surface area (Å²) in [6.07, 6.45) is 20.5. The first-order chi connectivity index (χ1) is 15.9. The van der Waals surface area contributed by atoms with Crippen LogP contribution in [0.25, 0.3) is 11.1 Å². The van der Waals surface area contributed by atoms with Crippen LogP contribution in [0, 0.1) is 40.7 Å². The van der Waals surface area contributed by atoms with Crippen molar-refractivity contribution in [1.82, 2.24) is 0 Å². The summed E-state index contributed by atoms with van der Waals surface area (Å²) in [6, 6.07) is 18.1. The molecule has 4 bridgehead atoms. The third-order valence-electron chi connectivity index (χ3n) is 8.71. The molecule has 0 radical (unpaired) electrons. The number of hydrogen-bond acceptors (Lipinski definition) is 0. The predicted octanol–water partition coefficient (Wildman–Crippen LogP) is 1.95. The van der Waals surface area contributed by atoms with Gasteiger partial charge in [0.15, 0.2) is 0 Å². The molecule has 0 N–H and O–H groups in total. The molecule has 6 aliphatic rings. The molecule has 2 aromatic carbocycles. The van der Waals surface area contributed by atoms with Crippen molar-refractivity contribution in [3.63, 3.8) is 0 Å². The van der Waals surface area contributed by atoms with Crippen LogP contribution in [0.2, 0.25) is 0 Å². The molecule has 1 unspecified atom stereocenters. The fourth-order valence-corrected chi connectivity index (χ4v) is 7.59. The number of fused-ring (bicyclic) bond motifs is 3. The second-order valence-corrected chi connectivity index (χ2v) is 14.0. The van der Waals surface area contributed by atoms with E-state index in [2.05, 4.69) is 87.5 Å². The first-order valence-electron chi connectivity index (χ1n) is 12.8. The van der Waals surface area contributed by atoms with E-state index in [1.165, 1.54) is 44.7 Å². The van der Waals surface area contributed by atoms with Crippen LogP contribution in [0.5, 0.6) is 0 Å². The Labute approximate surface area is 240 Å². The van der Waals surface area contributed by atoms with Crippen LogP contribution >= 0.6 is 0 Å². The fourth-order valence-electron chi connectivity index (χ4n) is 7.59. The van der Waals surface area contributed by atoms with Crippen molar-refractivity contribution in [3.05, 3.63) is 84.0 Å². The van der Waals surface area contributed by atoms with Crippen LogP contribution in [-0.4, -0.2) is 3.21 Å². The zero-order valence-electron chi connectivity index (χ0n) is 21.2.